The summed E-state index contributed by atoms with van der Waals surface area (Å²) in [6.45, 7) is 5.21. The number of nitrogens with two attached hydrogens (primary N) is 2. The number of carboxylic acid groups (broad SMARTS) is 1. The molecule has 1 fully saturated rings. The number of hydrogen-bond acceptors (Lipinski definition) is 8. The van der Waals surface area contributed by atoms with Crippen molar-refractivity contribution in [2.24, 2.45) is 11.6 Å². The maximum absolute atomic E-state index is 13.8. The molecular formula is C24H35F2N7O3. The fourth-order valence-electron chi connectivity index (χ4n) is 3.88. The molecule has 0 amide bonds. The van der Waals surface area contributed by atoms with Crippen molar-refractivity contribution in [2.75, 3.05) is 25.0 Å². The highest BCUT2D eigenvalue weighted by atomic mass is 19.3. The average molecular weight is 508 g/mol. The Morgan fingerprint density at radius 1 is 1.28 bits per heavy atom. The molecule has 0 aliphatic carbocycles. The van der Waals surface area contributed by atoms with Crippen molar-refractivity contribution in [3.8, 4) is 0 Å². The van der Waals surface area contributed by atoms with Gasteiger partial charge in [0.25, 0.3) is 17.5 Å². The number of nitrogens with zero attached hydrogens (tertiary/aromatic N) is 5. The second kappa shape index (κ2) is 12.4. The molecule has 1 aliphatic rings. The molecular weight excluding hydrogens is 472 g/mol. The van der Waals surface area contributed by atoms with Crippen molar-refractivity contribution in [1.29, 1.82) is 0 Å². The highest BCUT2D eigenvalue weighted by molar-refractivity contribution is 5.65. The SMILES string of the molecule is CC(=O)O.CCCc1ccc(=O)n(C/C(=C(/N)c2ccc(N3CCCC(F)(F)C3)c(C)n2)N(C)N)n1. The van der Waals surface area contributed by atoms with E-state index in [4.69, 9.17) is 21.5 Å². The number of hydrazine groups is 1. The minimum absolute atomic E-state index is 0.0794. The van der Waals surface area contributed by atoms with Gasteiger partial charge < -0.3 is 20.7 Å². The number of aromatic nitrogens is 3. The fourth-order valence-corrected chi connectivity index (χ4v) is 3.88. The molecule has 0 saturated carbocycles. The number of rotatable bonds is 7. The van der Waals surface area contributed by atoms with E-state index in [0.717, 1.165) is 25.5 Å². The summed E-state index contributed by atoms with van der Waals surface area (Å²) in [4.78, 5) is 27.5. The Hall–Kier alpha value is -3.54. The number of pyridine rings is 1. The number of alkyl halides is 2. The average Bonchev–Trinajstić information content (AvgIpc) is 2.77. The zero-order valence-electron chi connectivity index (χ0n) is 21.2. The van der Waals surface area contributed by atoms with Crippen molar-refractivity contribution >= 4 is 17.4 Å². The summed E-state index contributed by atoms with van der Waals surface area (Å²) < 4.78 is 29.0. The first-order chi connectivity index (χ1) is 16.8. The lowest BCUT2D eigenvalue weighted by Crippen LogP contribution is -2.43. The number of aryl methyl sites for hydroxylation is 2. The molecule has 1 saturated heterocycles. The van der Waals surface area contributed by atoms with E-state index in [9.17, 15) is 13.6 Å². The van der Waals surface area contributed by atoms with E-state index >= 15 is 0 Å². The van der Waals surface area contributed by atoms with E-state index < -0.39 is 11.9 Å². The van der Waals surface area contributed by atoms with Gasteiger partial charge in [0.15, 0.2) is 0 Å². The highest BCUT2D eigenvalue weighted by Crippen LogP contribution is 2.31. The van der Waals surface area contributed by atoms with Gasteiger partial charge in [0.1, 0.15) is 0 Å². The van der Waals surface area contributed by atoms with Gasteiger partial charge in [-0.1, -0.05) is 13.3 Å². The highest BCUT2D eigenvalue weighted by Gasteiger charge is 2.35. The molecule has 10 nitrogen and oxygen atoms in total. The standard InChI is InChI=1S/C22H31F2N7O.C2H4O2/c1-4-6-16-7-10-20(32)31(28-16)13-19(29(3)26)21(25)17-8-9-18(15(2)27-17)30-12-5-11-22(23,24)14-30;1-2(3)4/h7-10H,4-6,11-14,25-26H2,1-3H3;1H3,(H,3,4)/b21-19-;. The number of likely N-dealkylation sites (N-methyl/N-ethyl adjacent to an activating group) is 1. The van der Waals surface area contributed by atoms with Gasteiger partial charge in [-0.3, -0.25) is 9.59 Å². The summed E-state index contributed by atoms with van der Waals surface area (Å²) >= 11 is 0. The number of aliphatic carboxylic acids is 1. The van der Waals surface area contributed by atoms with Crippen LogP contribution in [0.2, 0.25) is 0 Å². The topological polar surface area (TPSA) is 144 Å². The van der Waals surface area contributed by atoms with Gasteiger partial charge in [-0.2, -0.15) is 5.10 Å². The van der Waals surface area contributed by atoms with Gasteiger partial charge in [-0.15, -0.1) is 0 Å². The van der Waals surface area contributed by atoms with E-state index in [2.05, 4.69) is 10.1 Å². The normalized spacial score (nSPS) is 15.5. The third kappa shape index (κ3) is 8.01. The monoisotopic (exact) mass is 507 g/mol. The Bertz CT molecular complexity index is 1140. The van der Waals surface area contributed by atoms with Gasteiger partial charge >= 0.3 is 0 Å². The van der Waals surface area contributed by atoms with Crippen LogP contribution in [0.5, 0.6) is 0 Å². The lowest BCUT2D eigenvalue weighted by atomic mass is 10.1. The predicted molar refractivity (Wildman–Crippen MR) is 134 cm³/mol. The third-order valence-electron chi connectivity index (χ3n) is 5.53. The molecule has 0 spiro atoms. The smallest absolute Gasteiger partial charge is 0.300 e. The molecule has 3 heterocycles. The maximum Gasteiger partial charge on any atom is 0.300 e. The number of halogens is 2. The Labute approximate surface area is 209 Å². The number of carbonyl (C=O) groups is 1. The van der Waals surface area contributed by atoms with Crippen LogP contribution in [0.3, 0.4) is 0 Å². The Kier molecular flexibility index (Phi) is 9.91. The van der Waals surface area contributed by atoms with E-state index in [0.29, 0.717) is 41.4 Å². The first kappa shape index (κ1) is 28.7. The maximum atomic E-state index is 13.8. The molecule has 0 radical (unpaired) electrons. The number of allylic oxidation sites excluding steroid dienone is 1. The Morgan fingerprint density at radius 2 is 1.94 bits per heavy atom. The van der Waals surface area contributed by atoms with Crippen LogP contribution < -0.4 is 22.0 Å². The molecule has 1 aliphatic heterocycles. The Morgan fingerprint density at radius 3 is 2.50 bits per heavy atom. The summed E-state index contributed by atoms with van der Waals surface area (Å²) in [6, 6.07) is 6.65. The quantitative estimate of drug-likeness (QED) is 0.380. The summed E-state index contributed by atoms with van der Waals surface area (Å²) in [7, 11) is 1.63. The van der Waals surface area contributed by atoms with Crippen LogP contribution in [0.4, 0.5) is 14.5 Å². The fraction of sp³-hybridized carbons (Fsp3) is 0.500. The molecule has 2 aromatic rings. The van der Waals surface area contributed by atoms with Crippen molar-refractivity contribution in [3.05, 3.63) is 57.4 Å². The van der Waals surface area contributed by atoms with E-state index in [1.54, 1.807) is 37.1 Å². The van der Waals surface area contributed by atoms with Gasteiger partial charge in [0.2, 0.25) is 0 Å². The second-order valence-corrected chi connectivity index (χ2v) is 8.74. The molecule has 0 bridgehead atoms. The predicted octanol–water partition coefficient (Wildman–Crippen LogP) is 2.36. The van der Waals surface area contributed by atoms with Crippen LogP contribution in [0.15, 0.2) is 34.8 Å². The van der Waals surface area contributed by atoms with Crippen LogP contribution in [0.1, 0.15) is 50.2 Å². The first-order valence-electron chi connectivity index (χ1n) is 11.7. The zero-order valence-corrected chi connectivity index (χ0v) is 21.2. The molecule has 12 heteroatoms. The van der Waals surface area contributed by atoms with Crippen molar-refractivity contribution in [3.63, 3.8) is 0 Å². The summed E-state index contributed by atoms with van der Waals surface area (Å²) in [5.41, 5.74) is 9.42. The van der Waals surface area contributed by atoms with E-state index in [-0.39, 0.29) is 25.1 Å². The second-order valence-electron chi connectivity index (χ2n) is 8.74. The van der Waals surface area contributed by atoms with Crippen LogP contribution >= 0.6 is 0 Å². The molecule has 2 aromatic heterocycles. The third-order valence-corrected chi connectivity index (χ3v) is 5.53. The number of hydrogen-bond donors (Lipinski definition) is 3. The van der Waals surface area contributed by atoms with Gasteiger partial charge in [-0.05, 0) is 38.0 Å². The molecule has 198 valence electrons. The summed E-state index contributed by atoms with van der Waals surface area (Å²) in [5.74, 6) is 2.48. The van der Waals surface area contributed by atoms with Crippen LogP contribution in [-0.2, 0) is 17.8 Å². The lowest BCUT2D eigenvalue weighted by molar-refractivity contribution is -0.134. The molecule has 0 unspecified atom stereocenters. The van der Waals surface area contributed by atoms with Gasteiger partial charge in [-0.25, -0.2) is 24.3 Å². The van der Waals surface area contributed by atoms with E-state index in [1.807, 2.05) is 6.92 Å². The zero-order chi connectivity index (χ0) is 27.0. The van der Waals surface area contributed by atoms with Crippen LogP contribution in [0, 0.1) is 6.92 Å². The van der Waals surface area contributed by atoms with Crippen molar-refractivity contribution in [2.45, 2.75) is 58.9 Å². The Balaban J connectivity index is 0.00000106. The van der Waals surface area contributed by atoms with E-state index in [1.165, 1.54) is 15.8 Å². The molecule has 3 rings (SSSR count). The summed E-state index contributed by atoms with van der Waals surface area (Å²) in [6.07, 6.45) is 2.00. The molecule has 5 N–H and O–H groups in total. The molecule has 0 atom stereocenters. The molecule has 36 heavy (non-hydrogen) atoms. The largest absolute Gasteiger partial charge is 0.481 e. The number of carboxylic acids is 1. The molecule has 0 aromatic carbocycles. The lowest BCUT2D eigenvalue weighted by Gasteiger charge is -2.34. The summed E-state index contributed by atoms with van der Waals surface area (Å²) in [5, 5.41) is 13.2. The number of anilines is 1. The van der Waals surface area contributed by atoms with Crippen molar-refractivity contribution in [1.82, 2.24) is 19.8 Å². The van der Waals surface area contributed by atoms with Gasteiger partial charge in [0.05, 0.1) is 47.3 Å². The van der Waals surface area contributed by atoms with Crippen LogP contribution in [-0.4, -0.2) is 56.9 Å². The minimum Gasteiger partial charge on any atom is -0.481 e. The number of piperidine rings is 1. The van der Waals surface area contributed by atoms with Crippen LogP contribution in [0.25, 0.3) is 5.70 Å². The minimum atomic E-state index is -2.70. The first-order valence-corrected chi connectivity index (χ1v) is 11.7. The van der Waals surface area contributed by atoms with Crippen molar-refractivity contribution < 1.29 is 18.7 Å². The van der Waals surface area contributed by atoms with Gasteiger partial charge in [0, 0.05) is 33.0 Å².